The van der Waals surface area contributed by atoms with Crippen molar-refractivity contribution in [3.63, 3.8) is 0 Å². The van der Waals surface area contributed by atoms with Crippen LogP contribution in [-0.4, -0.2) is 46.5 Å². The van der Waals surface area contributed by atoms with Crippen molar-refractivity contribution in [2.45, 2.75) is 18.9 Å². The number of ether oxygens (including phenoxy) is 3. The van der Waals surface area contributed by atoms with Gasteiger partial charge in [0.25, 0.3) is 0 Å². The summed E-state index contributed by atoms with van der Waals surface area (Å²) in [5.74, 6) is 2.31. The van der Waals surface area contributed by atoms with Crippen LogP contribution in [-0.2, 0) is 4.74 Å². The summed E-state index contributed by atoms with van der Waals surface area (Å²) in [6.07, 6.45) is 5.18. The molecule has 0 atom stereocenters. The minimum atomic E-state index is 0.158. The van der Waals surface area contributed by atoms with Crippen molar-refractivity contribution >= 4 is 11.8 Å². The minimum Gasteiger partial charge on any atom is -0.495 e. The molecular weight excluding hydrogens is 350 g/mol. The highest BCUT2D eigenvalue weighted by atomic mass is 16.5. The van der Waals surface area contributed by atoms with Crippen LogP contribution in [0, 0.1) is 0 Å². The van der Waals surface area contributed by atoms with Crippen molar-refractivity contribution in [1.29, 1.82) is 0 Å². The summed E-state index contributed by atoms with van der Waals surface area (Å²) in [5, 5.41) is 6.91. The highest BCUT2D eigenvalue weighted by Gasteiger charge is 2.16. The molecule has 3 aromatic heterocycles. The second-order valence-corrected chi connectivity index (χ2v) is 5.94. The topological polar surface area (TPSA) is 104 Å². The Hall–Kier alpha value is -3.20. The van der Waals surface area contributed by atoms with Gasteiger partial charge in [0.15, 0.2) is 0 Å². The molecule has 4 rings (SSSR count). The normalized spacial score (nSPS) is 14.7. The molecule has 0 spiro atoms. The maximum atomic E-state index is 5.98. The van der Waals surface area contributed by atoms with Crippen LogP contribution in [0.5, 0.6) is 11.5 Å². The van der Waals surface area contributed by atoms with Gasteiger partial charge in [0.05, 0.1) is 26.5 Å². The number of pyridine rings is 2. The largest absolute Gasteiger partial charge is 0.495 e. The molecule has 0 unspecified atom stereocenters. The Morgan fingerprint density at radius 3 is 2.78 bits per heavy atom. The summed E-state index contributed by atoms with van der Waals surface area (Å²) < 4.78 is 21.6. The van der Waals surface area contributed by atoms with E-state index in [1.165, 1.54) is 0 Å². The second-order valence-electron chi connectivity index (χ2n) is 5.94. The third-order valence-corrected chi connectivity index (χ3v) is 4.06. The first-order chi connectivity index (χ1) is 13.3. The zero-order valence-corrected chi connectivity index (χ0v) is 14.8. The summed E-state index contributed by atoms with van der Waals surface area (Å²) in [5.41, 5.74) is 0.581. The van der Waals surface area contributed by atoms with Crippen LogP contribution in [0.15, 0.2) is 41.2 Å². The van der Waals surface area contributed by atoms with Crippen LogP contribution in [0.4, 0.5) is 11.8 Å². The van der Waals surface area contributed by atoms with Gasteiger partial charge in [-0.1, -0.05) is 5.16 Å². The molecule has 1 aliphatic rings. The molecule has 0 radical (unpaired) electrons. The first-order valence-electron chi connectivity index (χ1n) is 8.62. The summed E-state index contributed by atoms with van der Waals surface area (Å²) in [4.78, 5) is 12.8. The maximum absolute atomic E-state index is 5.98. The Morgan fingerprint density at radius 1 is 1.11 bits per heavy atom. The van der Waals surface area contributed by atoms with E-state index >= 15 is 0 Å². The number of nitrogens with zero attached hydrogens (tertiary/aromatic N) is 4. The fourth-order valence-electron chi connectivity index (χ4n) is 2.66. The number of hydrogen-bond acceptors (Lipinski definition) is 9. The summed E-state index contributed by atoms with van der Waals surface area (Å²) in [7, 11) is 1.58. The molecule has 9 heteroatoms. The van der Waals surface area contributed by atoms with E-state index in [9.17, 15) is 0 Å². The van der Waals surface area contributed by atoms with E-state index in [4.69, 9.17) is 18.7 Å². The molecule has 1 aliphatic heterocycles. The molecule has 0 saturated carbocycles. The Labute approximate surface area is 155 Å². The molecule has 1 N–H and O–H groups in total. The van der Waals surface area contributed by atoms with E-state index in [1.54, 1.807) is 37.7 Å². The second kappa shape index (κ2) is 8.00. The van der Waals surface area contributed by atoms with Gasteiger partial charge in [-0.05, 0) is 18.2 Å². The Balaban J connectivity index is 1.43. The fraction of sp³-hybridized carbons (Fsp3) is 0.333. The van der Waals surface area contributed by atoms with Gasteiger partial charge in [0.1, 0.15) is 29.1 Å². The molecule has 0 aromatic carbocycles. The number of aromatic nitrogens is 4. The lowest BCUT2D eigenvalue weighted by molar-refractivity contribution is 0.0256. The van der Waals surface area contributed by atoms with Gasteiger partial charge < -0.3 is 18.7 Å². The molecule has 27 heavy (non-hydrogen) atoms. The van der Waals surface area contributed by atoms with Crippen LogP contribution < -0.4 is 14.8 Å². The quantitative estimate of drug-likeness (QED) is 0.702. The number of methoxy groups -OCH3 is 1. The van der Waals surface area contributed by atoms with E-state index in [0.29, 0.717) is 23.1 Å². The van der Waals surface area contributed by atoms with Crippen LogP contribution in [0.1, 0.15) is 12.8 Å². The summed E-state index contributed by atoms with van der Waals surface area (Å²) >= 11 is 0. The Bertz CT molecular complexity index is 877. The van der Waals surface area contributed by atoms with Crippen LogP contribution in [0.2, 0.25) is 0 Å². The van der Waals surface area contributed by atoms with E-state index in [0.717, 1.165) is 31.8 Å². The van der Waals surface area contributed by atoms with Gasteiger partial charge in [0.2, 0.25) is 5.82 Å². The molecule has 0 aliphatic carbocycles. The van der Waals surface area contributed by atoms with Crippen molar-refractivity contribution in [3.8, 4) is 23.0 Å². The predicted octanol–water partition coefficient (Wildman–Crippen LogP) is 2.84. The Morgan fingerprint density at radius 2 is 2.00 bits per heavy atom. The van der Waals surface area contributed by atoms with Crippen molar-refractivity contribution < 1.29 is 18.7 Å². The van der Waals surface area contributed by atoms with E-state index in [-0.39, 0.29) is 12.1 Å². The minimum absolute atomic E-state index is 0.158. The van der Waals surface area contributed by atoms with E-state index in [2.05, 4.69) is 25.4 Å². The van der Waals surface area contributed by atoms with Crippen molar-refractivity contribution in [3.05, 3.63) is 36.7 Å². The first-order valence-corrected chi connectivity index (χ1v) is 8.62. The van der Waals surface area contributed by atoms with Gasteiger partial charge in [-0.3, -0.25) is 5.32 Å². The molecule has 0 amide bonds. The van der Waals surface area contributed by atoms with Gasteiger partial charge in [-0.15, -0.1) is 0 Å². The van der Waals surface area contributed by atoms with Crippen molar-refractivity contribution in [1.82, 2.24) is 20.1 Å². The van der Waals surface area contributed by atoms with Gasteiger partial charge >= 0.3 is 6.01 Å². The monoisotopic (exact) mass is 369 g/mol. The van der Waals surface area contributed by atoms with E-state index < -0.39 is 0 Å². The molecular formula is C18H19N5O4. The van der Waals surface area contributed by atoms with Crippen molar-refractivity contribution in [2.75, 3.05) is 25.6 Å². The molecule has 1 fully saturated rings. The average molecular weight is 369 g/mol. The summed E-state index contributed by atoms with van der Waals surface area (Å²) in [6.45, 7) is 1.45. The maximum Gasteiger partial charge on any atom is 0.327 e. The average Bonchev–Trinajstić information content (AvgIpc) is 3.17. The fourth-order valence-corrected chi connectivity index (χ4v) is 2.66. The highest BCUT2D eigenvalue weighted by molar-refractivity contribution is 5.54. The zero-order valence-electron chi connectivity index (χ0n) is 14.8. The zero-order chi connectivity index (χ0) is 18.5. The van der Waals surface area contributed by atoms with Gasteiger partial charge in [0, 0.05) is 25.1 Å². The third kappa shape index (κ3) is 4.32. The Kier molecular flexibility index (Phi) is 5.10. The number of nitrogens with one attached hydrogen (secondary N) is 1. The molecule has 3 aromatic rings. The molecule has 140 valence electrons. The lowest BCUT2D eigenvalue weighted by Crippen LogP contribution is -2.25. The molecule has 4 heterocycles. The predicted molar refractivity (Wildman–Crippen MR) is 96.1 cm³/mol. The summed E-state index contributed by atoms with van der Waals surface area (Å²) in [6, 6.07) is 7.38. The standard InChI is InChI=1S/C18H19N5O4/c1-24-14-2-3-15(20-11-14)17-22-18(27-23-17)21-16-10-13(4-7-19-16)26-12-5-8-25-9-6-12/h2-4,7,10-12H,5-6,8-9H2,1H3,(H,19,21,22,23). The molecule has 1 saturated heterocycles. The lowest BCUT2D eigenvalue weighted by atomic mass is 10.1. The highest BCUT2D eigenvalue weighted by Crippen LogP contribution is 2.23. The lowest BCUT2D eigenvalue weighted by Gasteiger charge is -2.23. The van der Waals surface area contributed by atoms with Crippen LogP contribution in [0.3, 0.4) is 0 Å². The first kappa shape index (κ1) is 17.2. The third-order valence-electron chi connectivity index (χ3n) is 4.06. The van der Waals surface area contributed by atoms with Gasteiger partial charge in [-0.25, -0.2) is 9.97 Å². The van der Waals surface area contributed by atoms with E-state index in [1.807, 2.05) is 6.07 Å². The number of anilines is 2. The van der Waals surface area contributed by atoms with Crippen molar-refractivity contribution in [2.24, 2.45) is 0 Å². The molecule has 0 bridgehead atoms. The van der Waals surface area contributed by atoms with Crippen LogP contribution >= 0.6 is 0 Å². The van der Waals surface area contributed by atoms with Crippen LogP contribution in [0.25, 0.3) is 11.5 Å². The smallest absolute Gasteiger partial charge is 0.327 e. The van der Waals surface area contributed by atoms with Gasteiger partial charge in [-0.2, -0.15) is 4.98 Å². The molecule has 9 nitrogen and oxygen atoms in total. The number of rotatable bonds is 6. The number of hydrogen-bond donors (Lipinski definition) is 1. The SMILES string of the molecule is COc1ccc(-c2noc(Nc3cc(OC4CCOCC4)ccn3)n2)nc1.